The van der Waals surface area contributed by atoms with Crippen LogP contribution in [0.1, 0.15) is 38.6 Å². The number of guanidine groups is 1. The van der Waals surface area contributed by atoms with Gasteiger partial charge in [-0.25, -0.2) is 4.98 Å². The van der Waals surface area contributed by atoms with E-state index in [1.165, 1.54) is 6.42 Å². The third kappa shape index (κ3) is 5.91. The van der Waals surface area contributed by atoms with Gasteiger partial charge in [-0.2, -0.15) is 0 Å². The third-order valence-electron chi connectivity index (χ3n) is 7.19. The molecule has 1 N–H and O–H groups in total. The minimum absolute atomic E-state index is 0. The van der Waals surface area contributed by atoms with E-state index in [9.17, 15) is 4.79 Å². The summed E-state index contributed by atoms with van der Waals surface area (Å²) in [6.07, 6.45) is 10.4. The summed E-state index contributed by atoms with van der Waals surface area (Å²) in [4.78, 5) is 28.1. The zero-order chi connectivity index (χ0) is 20.9. The van der Waals surface area contributed by atoms with Gasteiger partial charge in [0, 0.05) is 77.7 Å². The number of hydrogen-bond donors (Lipinski definition) is 1. The molecule has 1 aliphatic carbocycles. The average Bonchev–Trinajstić information content (AvgIpc) is 3.26. The van der Waals surface area contributed by atoms with Gasteiger partial charge in [0.05, 0.1) is 12.4 Å². The maximum atomic E-state index is 12.4. The highest BCUT2D eigenvalue weighted by atomic mass is 127. The highest BCUT2D eigenvalue weighted by Crippen LogP contribution is 2.29. The first-order valence-electron chi connectivity index (χ1n) is 11.6. The number of aromatic nitrogens is 2. The van der Waals surface area contributed by atoms with Gasteiger partial charge in [0.25, 0.3) is 0 Å². The molecule has 2 aliphatic heterocycles. The van der Waals surface area contributed by atoms with Gasteiger partial charge in [-0.05, 0) is 25.2 Å². The van der Waals surface area contributed by atoms with Crippen molar-refractivity contribution >= 4 is 35.8 Å². The van der Waals surface area contributed by atoms with Crippen LogP contribution in [0.3, 0.4) is 0 Å². The lowest BCUT2D eigenvalue weighted by Crippen LogP contribution is -2.53. The van der Waals surface area contributed by atoms with Crippen LogP contribution in [0.2, 0.25) is 0 Å². The van der Waals surface area contributed by atoms with Crippen LogP contribution < -0.4 is 5.32 Å². The molecule has 2 atom stereocenters. The van der Waals surface area contributed by atoms with Crippen LogP contribution >= 0.6 is 24.0 Å². The zero-order valence-electron chi connectivity index (χ0n) is 18.9. The van der Waals surface area contributed by atoms with Gasteiger partial charge in [0.2, 0.25) is 5.91 Å². The number of likely N-dealkylation sites (tertiary alicyclic amines) is 1. The molecule has 0 radical (unpaired) electrons. The monoisotopic (exact) mass is 543 g/mol. The Morgan fingerprint density at radius 2 is 1.90 bits per heavy atom. The van der Waals surface area contributed by atoms with Crippen molar-refractivity contribution < 1.29 is 4.79 Å². The number of rotatable bonds is 5. The van der Waals surface area contributed by atoms with E-state index in [0.717, 1.165) is 77.6 Å². The Kier molecular flexibility index (Phi) is 9.00. The number of piperazine rings is 1. The molecule has 2 saturated heterocycles. The fourth-order valence-electron chi connectivity index (χ4n) is 4.86. The molecule has 31 heavy (non-hydrogen) atoms. The first-order chi connectivity index (χ1) is 14.7. The lowest BCUT2D eigenvalue weighted by Gasteiger charge is -2.40. The molecule has 0 aromatic carbocycles. The Bertz CT molecular complexity index is 713. The Labute approximate surface area is 203 Å². The summed E-state index contributed by atoms with van der Waals surface area (Å²) in [7, 11) is 1.87. The van der Waals surface area contributed by atoms with Crippen molar-refractivity contribution in [2.75, 3.05) is 59.4 Å². The summed E-state index contributed by atoms with van der Waals surface area (Å²) in [5.74, 6) is 2.34. The Balaban J connectivity index is 0.00000272. The first-order valence-corrected chi connectivity index (χ1v) is 11.6. The van der Waals surface area contributed by atoms with Crippen LogP contribution in [0.15, 0.2) is 23.7 Å². The smallest absolute Gasteiger partial charge is 0.225 e. The molecule has 4 rings (SSSR count). The molecule has 3 heterocycles. The van der Waals surface area contributed by atoms with Gasteiger partial charge in [-0.1, -0.05) is 13.3 Å². The number of amides is 1. The lowest BCUT2D eigenvalue weighted by molar-refractivity contribution is -0.139. The molecule has 9 heteroatoms. The van der Waals surface area contributed by atoms with Crippen LogP contribution in [0.25, 0.3) is 0 Å². The first kappa shape index (κ1) is 24.3. The van der Waals surface area contributed by atoms with E-state index in [4.69, 9.17) is 0 Å². The summed E-state index contributed by atoms with van der Waals surface area (Å²) in [6, 6.07) is 0.432. The average molecular weight is 543 g/mol. The molecule has 1 saturated carbocycles. The van der Waals surface area contributed by atoms with Crippen molar-refractivity contribution in [2.45, 2.75) is 38.6 Å². The van der Waals surface area contributed by atoms with Crippen LogP contribution in [0.4, 0.5) is 0 Å². The predicted octanol–water partition coefficient (Wildman–Crippen LogP) is 1.90. The lowest BCUT2D eigenvalue weighted by atomic mass is 9.84. The van der Waals surface area contributed by atoms with Crippen molar-refractivity contribution in [1.82, 2.24) is 29.6 Å². The summed E-state index contributed by atoms with van der Waals surface area (Å²) in [5, 5.41) is 3.57. The second-order valence-electron chi connectivity index (χ2n) is 9.06. The van der Waals surface area contributed by atoms with E-state index in [2.05, 4.69) is 47.7 Å². The van der Waals surface area contributed by atoms with Crippen LogP contribution in [0, 0.1) is 11.8 Å². The number of carbonyl (C=O) groups is 1. The van der Waals surface area contributed by atoms with Gasteiger partial charge in [0.1, 0.15) is 0 Å². The number of nitrogens with one attached hydrogen (secondary N) is 1. The molecule has 174 valence electrons. The molecule has 1 aromatic rings. The van der Waals surface area contributed by atoms with E-state index >= 15 is 0 Å². The van der Waals surface area contributed by atoms with Crippen LogP contribution in [-0.2, 0) is 4.79 Å². The molecule has 0 spiro atoms. The SMILES string of the molecule is CN=C(NCCN1CCN(C(=O)C2CCC2)CC1)N1CCC(C)C(n2ccnc2)C1.I. The van der Waals surface area contributed by atoms with Crippen LogP contribution in [0.5, 0.6) is 0 Å². The summed E-state index contributed by atoms with van der Waals surface area (Å²) < 4.78 is 2.23. The Morgan fingerprint density at radius 3 is 2.52 bits per heavy atom. The van der Waals surface area contributed by atoms with Gasteiger partial charge < -0.3 is 19.7 Å². The third-order valence-corrected chi connectivity index (χ3v) is 7.19. The number of halogens is 1. The van der Waals surface area contributed by atoms with Gasteiger partial charge in [-0.15, -0.1) is 24.0 Å². The van der Waals surface area contributed by atoms with Gasteiger partial charge >= 0.3 is 0 Å². The number of carbonyl (C=O) groups excluding carboxylic acids is 1. The van der Waals surface area contributed by atoms with E-state index in [1.54, 1.807) is 0 Å². The van der Waals surface area contributed by atoms with Crippen molar-refractivity contribution in [3.05, 3.63) is 18.7 Å². The second kappa shape index (κ2) is 11.5. The topological polar surface area (TPSA) is 69.0 Å². The van der Waals surface area contributed by atoms with Crippen molar-refractivity contribution in [2.24, 2.45) is 16.8 Å². The van der Waals surface area contributed by atoms with E-state index in [-0.39, 0.29) is 24.0 Å². The van der Waals surface area contributed by atoms with Crippen molar-refractivity contribution in [1.29, 1.82) is 0 Å². The number of piperidine rings is 1. The van der Waals surface area contributed by atoms with E-state index in [0.29, 0.717) is 23.8 Å². The Hall–Kier alpha value is -1.36. The molecule has 3 fully saturated rings. The molecule has 0 bridgehead atoms. The van der Waals surface area contributed by atoms with Gasteiger partial charge in [0.15, 0.2) is 5.96 Å². The minimum Gasteiger partial charge on any atom is -0.355 e. The number of aliphatic imine (C=N–C) groups is 1. The predicted molar refractivity (Wildman–Crippen MR) is 134 cm³/mol. The molecule has 8 nitrogen and oxygen atoms in total. The summed E-state index contributed by atoms with van der Waals surface area (Å²) in [5.41, 5.74) is 0. The molecule has 3 aliphatic rings. The van der Waals surface area contributed by atoms with Gasteiger partial charge in [-0.3, -0.25) is 14.7 Å². The summed E-state index contributed by atoms with van der Waals surface area (Å²) in [6.45, 7) is 9.89. The summed E-state index contributed by atoms with van der Waals surface area (Å²) >= 11 is 0. The zero-order valence-corrected chi connectivity index (χ0v) is 21.3. The minimum atomic E-state index is 0. The van der Waals surface area contributed by atoms with Crippen molar-refractivity contribution in [3.63, 3.8) is 0 Å². The molecule has 1 amide bonds. The molecule has 1 aromatic heterocycles. The fourth-order valence-corrected chi connectivity index (χ4v) is 4.86. The number of imidazole rings is 1. The fraction of sp³-hybridized carbons (Fsp3) is 0.773. The highest BCUT2D eigenvalue weighted by molar-refractivity contribution is 14.0. The highest BCUT2D eigenvalue weighted by Gasteiger charge is 2.31. The quantitative estimate of drug-likeness (QED) is 0.349. The van der Waals surface area contributed by atoms with E-state index in [1.807, 2.05) is 19.6 Å². The maximum Gasteiger partial charge on any atom is 0.225 e. The maximum absolute atomic E-state index is 12.4. The second-order valence-corrected chi connectivity index (χ2v) is 9.06. The standard InChI is InChI=1S/C22H37N7O.HI/c1-18-6-9-28(16-20(18)29-11-7-24-17-29)22(23-2)25-8-10-26-12-14-27(15-13-26)21(30)19-4-3-5-19;/h7,11,17-20H,3-6,8-10,12-16H2,1-2H3,(H,23,25);1H. The largest absolute Gasteiger partial charge is 0.355 e. The molecular weight excluding hydrogens is 505 g/mol. The number of nitrogens with zero attached hydrogens (tertiary/aromatic N) is 6. The number of hydrogen-bond acceptors (Lipinski definition) is 4. The Morgan fingerprint density at radius 1 is 1.13 bits per heavy atom. The van der Waals surface area contributed by atoms with Crippen molar-refractivity contribution in [3.8, 4) is 0 Å². The van der Waals surface area contributed by atoms with Crippen LogP contribution in [-0.4, -0.2) is 95.5 Å². The van der Waals surface area contributed by atoms with E-state index < -0.39 is 0 Å². The molecular formula is C22H38IN7O. The normalized spacial score (nSPS) is 25.7. The molecule has 2 unspecified atom stereocenters.